The van der Waals surface area contributed by atoms with E-state index >= 15 is 0 Å². The molecule has 0 bridgehead atoms. The van der Waals surface area contributed by atoms with Gasteiger partial charge in [-0.2, -0.15) is 0 Å². The lowest BCUT2D eigenvalue weighted by atomic mass is 10.1. The quantitative estimate of drug-likeness (QED) is 0.465. The lowest BCUT2D eigenvalue weighted by Gasteiger charge is -2.04. The third-order valence-corrected chi connectivity index (χ3v) is 4.64. The summed E-state index contributed by atoms with van der Waals surface area (Å²) in [7, 11) is 0. The molecule has 0 unspecified atom stereocenters. The van der Waals surface area contributed by atoms with Crippen LogP contribution in [0.15, 0.2) is 76.7 Å². The topological polar surface area (TPSA) is 40.5 Å². The maximum absolute atomic E-state index is 4.82. The van der Waals surface area contributed by atoms with Gasteiger partial charge in [-0.1, -0.05) is 69.2 Å². The van der Waals surface area contributed by atoms with E-state index in [4.69, 9.17) is 9.98 Å². The summed E-state index contributed by atoms with van der Waals surface area (Å²) < 4.78 is 0. The van der Waals surface area contributed by atoms with Crippen LogP contribution in [0.3, 0.4) is 0 Å². The molecule has 0 spiro atoms. The molecule has 0 saturated carbocycles. The van der Waals surface area contributed by atoms with Gasteiger partial charge in [0.25, 0.3) is 0 Å². The number of H-pyrrole nitrogens is 1. The largest absolute Gasteiger partial charge is 0.343 e. The summed E-state index contributed by atoms with van der Waals surface area (Å²) in [6.45, 7) is 4.39. The maximum Gasteiger partial charge on any atom is 0.130 e. The van der Waals surface area contributed by atoms with Gasteiger partial charge in [-0.25, -0.2) is 4.99 Å². The molecule has 1 heterocycles. The second-order valence-corrected chi connectivity index (χ2v) is 6.95. The van der Waals surface area contributed by atoms with Crippen LogP contribution in [0, 0.1) is 0 Å². The van der Waals surface area contributed by atoms with Crippen molar-refractivity contribution in [1.82, 2.24) is 4.98 Å². The standard InChI is InChI=1S/C25H29N3/c1-3-10-20-12-5-7-15-23(20)26-19-18-22-14-9-17-25(27-22)28-24-16-8-6-13-21(24)11-4-2/h5-9,12-17,19H,3-4,10-11,18H2,1-2H3,(H,27,28). The maximum atomic E-state index is 4.82. The SMILES string of the molecule is CCCc1ccccc1N=CCc1cccc(=Nc2ccccc2CCC)[nH]1. The van der Waals surface area contributed by atoms with Crippen LogP contribution in [0.2, 0.25) is 0 Å². The van der Waals surface area contributed by atoms with Gasteiger partial charge >= 0.3 is 0 Å². The molecule has 1 N–H and O–H groups in total. The lowest BCUT2D eigenvalue weighted by Crippen LogP contribution is -2.09. The van der Waals surface area contributed by atoms with Crippen molar-refractivity contribution in [3.63, 3.8) is 0 Å². The minimum absolute atomic E-state index is 0.750. The number of hydrogen-bond donors (Lipinski definition) is 1. The number of aromatic nitrogens is 1. The monoisotopic (exact) mass is 371 g/mol. The first-order valence-corrected chi connectivity index (χ1v) is 10.2. The van der Waals surface area contributed by atoms with Gasteiger partial charge in [-0.15, -0.1) is 0 Å². The van der Waals surface area contributed by atoms with E-state index in [1.54, 1.807) is 0 Å². The highest BCUT2D eigenvalue weighted by molar-refractivity contribution is 5.66. The first-order chi connectivity index (χ1) is 13.8. The Morgan fingerprint density at radius 3 is 2.11 bits per heavy atom. The van der Waals surface area contributed by atoms with Crippen LogP contribution in [-0.2, 0) is 19.3 Å². The Hall–Kier alpha value is -2.94. The highest BCUT2D eigenvalue weighted by Gasteiger charge is 2.00. The number of benzene rings is 2. The molecule has 3 nitrogen and oxygen atoms in total. The van der Waals surface area contributed by atoms with Crippen molar-refractivity contribution in [2.45, 2.75) is 46.0 Å². The average Bonchev–Trinajstić information content (AvgIpc) is 2.72. The Kier molecular flexibility index (Phi) is 7.36. The number of aromatic amines is 1. The molecule has 0 amide bonds. The molecule has 144 valence electrons. The number of nitrogens with one attached hydrogen (secondary N) is 1. The molecule has 2 aromatic carbocycles. The zero-order chi connectivity index (χ0) is 19.6. The fourth-order valence-electron chi connectivity index (χ4n) is 3.28. The molecular weight excluding hydrogens is 342 g/mol. The zero-order valence-corrected chi connectivity index (χ0v) is 16.9. The van der Waals surface area contributed by atoms with Crippen LogP contribution < -0.4 is 5.49 Å². The van der Waals surface area contributed by atoms with Crippen molar-refractivity contribution in [1.29, 1.82) is 0 Å². The third-order valence-electron chi connectivity index (χ3n) is 4.64. The Labute approximate surface area is 167 Å². The highest BCUT2D eigenvalue weighted by atomic mass is 14.9. The van der Waals surface area contributed by atoms with Crippen LogP contribution >= 0.6 is 0 Å². The van der Waals surface area contributed by atoms with Gasteiger partial charge in [0.05, 0.1) is 11.4 Å². The van der Waals surface area contributed by atoms with E-state index in [1.807, 2.05) is 30.5 Å². The predicted molar refractivity (Wildman–Crippen MR) is 119 cm³/mol. The lowest BCUT2D eigenvalue weighted by molar-refractivity contribution is 0.918. The second-order valence-electron chi connectivity index (χ2n) is 6.95. The molecule has 3 aromatic rings. The minimum Gasteiger partial charge on any atom is -0.343 e. The summed E-state index contributed by atoms with van der Waals surface area (Å²) in [5.41, 5.74) is 6.68. The van der Waals surface area contributed by atoms with Crippen LogP contribution in [0.5, 0.6) is 0 Å². The van der Waals surface area contributed by atoms with Gasteiger partial charge in [0, 0.05) is 18.3 Å². The van der Waals surface area contributed by atoms with E-state index in [1.165, 1.54) is 11.1 Å². The van der Waals surface area contributed by atoms with Crippen molar-refractivity contribution in [3.8, 4) is 0 Å². The summed E-state index contributed by atoms with van der Waals surface area (Å²) >= 11 is 0. The molecule has 0 aliphatic heterocycles. The third kappa shape index (κ3) is 5.53. The number of aryl methyl sites for hydroxylation is 2. The van der Waals surface area contributed by atoms with Crippen LogP contribution in [0.4, 0.5) is 11.4 Å². The van der Waals surface area contributed by atoms with E-state index in [-0.39, 0.29) is 0 Å². The molecular formula is C25H29N3. The molecule has 0 fully saturated rings. The van der Waals surface area contributed by atoms with Crippen molar-refractivity contribution < 1.29 is 0 Å². The fourth-order valence-corrected chi connectivity index (χ4v) is 3.28. The molecule has 0 saturated heterocycles. The fraction of sp³-hybridized carbons (Fsp3) is 0.280. The molecule has 0 radical (unpaired) electrons. The van der Waals surface area contributed by atoms with Crippen molar-refractivity contribution in [3.05, 3.63) is 89.0 Å². The van der Waals surface area contributed by atoms with E-state index < -0.39 is 0 Å². The average molecular weight is 372 g/mol. The molecule has 28 heavy (non-hydrogen) atoms. The van der Waals surface area contributed by atoms with Crippen LogP contribution in [-0.4, -0.2) is 11.2 Å². The summed E-state index contributed by atoms with van der Waals surface area (Å²) in [6.07, 6.45) is 7.08. The van der Waals surface area contributed by atoms with E-state index in [2.05, 4.69) is 61.3 Å². The Morgan fingerprint density at radius 2 is 1.39 bits per heavy atom. The highest BCUT2D eigenvalue weighted by Crippen LogP contribution is 2.20. The number of para-hydroxylation sites is 2. The van der Waals surface area contributed by atoms with Crippen LogP contribution in [0.25, 0.3) is 0 Å². The molecule has 0 atom stereocenters. The number of nitrogens with zero attached hydrogens (tertiary/aromatic N) is 2. The summed E-state index contributed by atoms with van der Waals surface area (Å²) in [6, 6.07) is 22.9. The van der Waals surface area contributed by atoms with Gasteiger partial charge in [0.1, 0.15) is 5.49 Å². The molecule has 1 aromatic heterocycles. The molecule has 3 rings (SSSR count). The number of aliphatic imine (C=N–C) groups is 1. The van der Waals surface area contributed by atoms with Gasteiger partial charge < -0.3 is 4.98 Å². The number of hydrogen-bond acceptors (Lipinski definition) is 2. The minimum atomic E-state index is 0.750. The van der Waals surface area contributed by atoms with Gasteiger partial charge in [-0.05, 0) is 48.2 Å². The Bertz CT molecular complexity index is 983. The molecule has 3 heteroatoms. The first-order valence-electron chi connectivity index (χ1n) is 10.2. The summed E-state index contributed by atoms with van der Waals surface area (Å²) in [4.78, 5) is 13.0. The summed E-state index contributed by atoms with van der Waals surface area (Å²) in [5, 5.41) is 0. The first kappa shape index (κ1) is 19.8. The zero-order valence-electron chi connectivity index (χ0n) is 16.9. The Balaban J connectivity index is 1.78. The second kappa shape index (κ2) is 10.4. The van der Waals surface area contributed by atoms with E-state index in [0.29, 0.717) is 0 Å². The van der Waals surface area contributed by atoms with Crippen molar-refractivity contribution in [2.75, 3.05) is 0 Å². The molecule has 0 aliphatic rings. The van der Waals surface area contributed by atoms with Crippen molar-refractivity contribution in [2.24, 2.45) is 9.98 Å². The molecule has 0 aliphatic carbocycles. The number of rotatable bonds is 8. The van der Waals surface area contributed by atoms with E-state index in [0.717, 1.165) is 54.7 Å². The van der Waals surface area contributed by atoms with Crippen LogP contribution in [0.1, 0.15) is 43.5 Å². The van der Waals surface area contributed by atoms with Gasteiger partial charge in [0.2, 0.25) is 0 Å². The normalized spacial score (nSPS) is 12.0. The number of pyridine rings is 1. The van der Waals surface area contributed by atoms with Gasteiger partial charge in [-0.3, -0.25) is 4.99 Å². The van der Waals surface area contributed by atoms with Crippen molar-refractivity contribution >= 4 is 17.6 Å². The smallest absolute Gasteiger partial charge is 0.130 e. The summed E-state index contributed by atoms with van der Waals surface area (Å²) in [5.74, 6) is 0. The Morgan fingerprint density at radius 1 is 0.750 bits per heavy atom. The predicted octanol–water partition coefficient (Wildman–Crippen LogP) is 6.10. The van der Waals surface area contributed by atoms with Gasteiger partial charge in [0.15, 0.2) is 0 Å². The van der Waals surface area contributed by atoms with E-state index in [9.17, 15) is 0 Å².